The molecule has 0 atom stereocenters. The van der Waals surface area contributed by atoms with Crippen molar-refractivity contribution in [2.24, 2.45) is 4.99 Å². The van der Waals surface area contributed by atoms with Crippen LogP contribution in [0.4, 0.5) is 0 Å². The lowest BCUT2D eigenvalue weighted by Crippen LogP contribution is -2.20. The van der Waals surface area contributed by atoms with E-state index in [1.165, 1.54) is 16.9 Å². The molecule has 0 saturated carbocycles. The Hall–Kier alpha value is -1.76. The van der Waals surface area contributed by atoms with E-state index in [4.69, 9.17) is 16.3 Å². The van der Waals surface area contributed by atoms with Gasteiger partial charge in [0.25, 0.3) is 5.91 Å². The molecule has 0 aliphatic rings. The third-order valence-electron chi connectivity index (χ3n) is 3.75. The van der Waals surface area contributed by atoms with Gasteiger partial charge in [-0.25, -0.2) is 0 Å². The lowest BCUT2D eigenvalue weighted by Gasteiger charge is -2.05. The van der Waals surface area contributed by atoms with Gasteiger partial charge in [0.2, 0.25) is 0 Å². The van der Waals surface area contributed by atoms with Crippen LogP contribution in [0, 0.1) is 6.92 Å². The molecule has 0 unspecified atom stereocenters. The number of hydrogen-bond acceptors (Lipinski definition) is 4. The van der Waals surface area contributed by atoms with E-state index in [9.17, 15) is 4.79 Å². The fraction of sp³-hybridized carbons (Fsp3) is 0.263. The number of fused-ring (bicyclic) bond motifs is 1. The number of carbonyl (C=O) groups excluding carboxylic acids is 1. The zero-order chi connectivity index (χ0) is 18.5. The third kappa shape index (κ3) is 4.69. The molecule has 26 heavy (non-hydrogen) atoms. The number of rotatable bonds is 6. The number of thioether (sulfide) groups is 1. The van der Waals surface area contributed by atoms with Crippen LogP contribution in [0.5, 0.6) is 5.75 Å². The van der Waals surface area contributed by atoms with Gasteiger partial charge in [0, 0.05) is 17.3 Å². The lowest BCUT2D eigenvalue weighted by atomic mass is 10.2. The van der Waals surface area contributed by atoms with E-state index in [0.29, 0.717) is 15.6 Å². The summed E-state index contributed by atoms with van der Waals surface area (Å²) in [7, 11) is 0. The number of aryl methyl sites for hydroxylation is 2. The quantitative estimate of drug-likeness (QED) is 0.603. The molecular weight excluding hydrogens is 388 g/mol. The van der Waals surface area contributed by atoms with Gasteiger partial charge in [-0.2, -0.15) is 16.8 Å². The Morgan fingerprint density at radius 2 is 2.04 bits per heavy atom. The molecule has 0 saturated heterocycles. The molecule has 0 fully saturated rings. The SMILES string of the molecule is CSCCn1c(=NC(=O)COc2ccc(Cl)cc2)sc2cc(C)ccc21. The van der Waals surface area contributed by atoms with Crippen molar-refractivity contribution in [3.8, 4) is 5.75 Å². The van der Waals surface area contributed by atoms with Gasteiger partial charge in [0.05, 0.1) is 10.2 Å². The van der Waals surface area contributed by atoms with Crippen molar-refractivity contribution in [1.82, 2.24) is 4.57 Å². The second-order valence-corrected chi connectivity index (χ2v) is 8.18. The minimum atomic E-state index is -0.305. The first-order valence-corrected chi connectivity index (χ1v) is 10.7. The van der Waals surface area contributed by atoms with Gasteiger partial charge in [0.1, 0.15) is 5.75 Å². The number of benzene rings is 2. The van der Waals surface area contributed by atoms with Gasteiger partial charge in [-0.3, -0.25) is 4.79 Å². The van der Waals surface area contributed by atoms with Crippen LogP contribution in [0.1, 0.15) is 5.56 Å². The van der Waals surface area contributed by atoms with E-state index in [-0.39, 0.29) is 12.5 Å². The summed E-state index contributed by atoms with van der Waals surface area (Å²) >= 11 is 9.15. The summed E-state index contributed by atoms with van der Waals surface area (Å²) in [6, 6.07) is 13.2. The molecule has 7 heteroatoms. The molecule has 0 spiro atoms. The van der Waals surface area contributed by atoms with Crippen molar-refractivity contribution in [2.75, 3.05) is 18.6 Å². The summed E-state index contributed by atoms with van der Waals surface area (Å²) in [5, 5.41) is 0.628. The molecule has 1 heterocycles. The highest BCUT2D eigenvalue weighted by Crippen LogP contribution is 2.19. The maximum absolute atomic E-state index is 12.3. The smallest absolute Gasteiger partial charge is 0.286 e. The molecule has 0 N–H and O–H groups in total. The second kappa shape index (κ2) is 8.75. The van der Waals surface area contributed by atoms with Crippen LogP contribution in [-0.4, -0.2) is 29.1 Å². The average molecular weight is 407 g/mol. The number of carbonyl (C=O) groups is 1. The third-order valence-corrected chi connectivity index (χ3v) is 5.64. The van der Waals surface area contributed by atoms with Crippen LogP contribution in [0.25, 0.3) is 10.2 Å². The summed E-state index contributed by atoms with van der Waals surface area (Å²) < 4.78 is 8.74. The Balaban J connectivity index is 1.84. The first-order chi connectivity index (χ1) is 12.6. The van der Waals surface area contributed by atoms with E-state index in [1.54, 1.807) is 36.0 Å². The Morgan fingerprint density at radius 1 is 1.27 bits per heavy atom. The van der Waals surface area contributed by atoms with Gasteiger partial charge in [0.15, 0.2) is 11.4 Å². The minimum Gasteiger partial charge on any atom is -0.484 e. The summed E-state index contributed by atoms with van der Waals surface area (Å²) in [5.41, 5.74) is 2.31. The second-order valence-electron chi connectivity index (χ2n) is 5.75. The number of aromatic nitrogens is 1. The Kier molecular flexibility index (Phi) is 6.40. The Morgan fingerprint density at radius 3 is 2.77 bits per heavy atom. The normalized spacial score (nSPS) is 11.9. The highest BCUT2D eigenvalue weighted by Gasteiger charge is 2.09. The number of amides is 1. The largest absolute Gasteiger partial charge is 0.484 e. The van der Waals surface area contributed by atoms with Crippen molar-refractivity contribution in [3.05, 3.63) is 57.9 Å². The fourth-order valence-corrected chi connectivity index (χ4v) is 4.14. The van der Waals surface area contributed by atoms with Crippen LogP contribution in [-0.2, 0) is 11.3 Å². The predicted octanol–water partition coefficient (Wildman–Crippen LogP) is 4.53. The van der Waals surface area contributed by atoms with Crippen molar-refractivity contribution in [1.29, 1.82) is 0 Å². The Labute approximate surface area is 165 Å². The zero-order valence-corrected chi connectivity index (χ0v) is 17.0. The van der Waals surface area contributed by atoms with Gasteiger partial charge >= 0.3 is 0 Å². The zero-order valence-electron chi connectivity index (χ0n) is 14.6. The molecule has 2 aromatic carbocycles. The first kappa shape index (κ1) is 19.0. The monoisotopic (exact) mass is 406 g/mol. The molecule has 3 aromatic rings. The fourth-order valence-electron chi connectivity index (χ4n) is 2.48. The molecule has 136 valence electrons. The lowest BCUT2D eigenvalue weighted by molar-refractivity contribution is -0.120. The maximum Gasteiger partial charge on any atom is 0.286 e. The number of hydrogen-bond donors (Lipinski definition) is 0. The van der Waals surface area contributed by atoms with Gasteiger partial charge in [-0.15, -0.1) is 0 Å². The van der Waals surface area contributed by atoms with E-state index >= 15 is 0 Å². The summed E-state index contributed by atoms with van der Waals surface area (Å²) in [5.74, 6) is 1.25. The van der Waals surface area contributed by atoms with Crippen LogP contribution < -0.4 is 9.54 Å². The van der Waals surface area contributed by atoms with Gasteiger partial charge in [-0.05, 0) is 55.1 Å². The topological polar surface area (TPSA) is 43.6 Å². The number of halogens is 1. The van der Waals surface area contributed by atoms with E-state index in [1.807, 2.05) is 0 Å². The van der Waals surface area contributed by atoms with Crippen LogP contribution in [0.3, 0.4) is 0 Å². The van der Waals surface area contributed by atoms with Crippen LogP contribution >= 0.6 is 34.7 Å². The van der Waals surface area contributed by atoms with Gasteiger partial charge < -0.3 is 9.30 Å². The number of nitrogens with zero attached hydrogens (tertiary/aromatic N) is 2. The highest BCUT2D eigenvalue weighted by atomic mass is 35.5. The van der Waals surface area contributed by atoms with Crippen molar-refractivity contribution in [3.63, 3.8) is 0 Å². The van der Waals surface area contributed by atoms with E-state index in [2.05, 4.69) is 40.9 Å². The van der Waals surface area contributed by atoms with Crippen molar-refractivity contribution in [2.45, 2.75) is 13.5 Å². The highest BCUT2D eigenvalue weighted by molar-refractivity contribution is 7.98. The molecule has 1 amide bonds. The number of thiazole rings is 1. The summed E-state index contributed by atoms with van der Waals surface area (Å²) in [6.07, 6.45) is 2.07. The minimum absolute atomic E-state index is 0.0998. The maximum atomic E-state index is 12.3. The molecule has 0 aliphatic heterocycles. The molecule has 0 aliphatic carbocycles. The van der Waals surface area contributed by atoms with Gasteiger partial charge in [-0.1, -0.05) is 29.0 Å². The number of ether oxygens (including phenoxy) is 1. The summed E-state index contributed by atoms with van der Waals surface area (Å²) in [4.78, 5) is 17.3. The standard InChI is InChI=1S/C19H19ClN2O2S2/c1-13-3-8-16-17(11-13)26-19(22(16)9-10-25-2)21-18(23)12-24-15-6-4-14(20)5-7-15/h3-8,11H,9-10,12H2,1-2H3. The van der Waals surface area contributed by atoms with E-state index in [0.717, 1.165) is 22.5 Å². The molecule has 0 bridgehead atoms. The van der Waals surface area contributed by atoms with Crippen molar-refractivity contribution >= 4 is 50.8 Å². The van der Waals surface area contributed by atoms with Crippen molar-refractivity contribution < 1.29 is 9.53 Å². The predicted molar refractivity (Wildman–Crippen MR) is 110 cm³/mol. The average Bonchev–Trinajstić information content (AvgIpc) is 2.95. The molecule has 1 aromatic heterocycles. The summed E-state index contributed by atoms with van der Waals surface area (Å²) in [6.45, 7) is 2.78. The van der Waals surface area contributed by atoms with E-state index < -0.39 is 0 Å². The van der Waals surface area contributed by atoms with Crippen LogP contribution in [0.2, 0.25) is 5.02 Å². The van der Waals surface area contributed by atoms with Crippen LogP contribution in [0.15, 0.2) is 47.5 Å². The molecular formula is C19H19ClN2O2S2. The molecule has 0 radical (unpaired) electrons. The Bertz CT molecular complexity index is 977. The molecule has 3 rings (SSSR count). The first-order valence-electron chi connectivity index (χ1n) is 8.11. The molecule has 4 nitrogen and oxygen atoms in total.